The van der Waals surface area contributed by atoms with Crippen LogP contribution in [0.4, 0.5) is 0 Å². The Labute approximate surface area is 175 Å². The number of nitrogens with one attached hydrogen (secondary N) is 2. The van der Waals surface area contributed by atoms with Crippen LogP contribution in [0.2, 0.25) is 5.02 Å². The zero-order chi connectivity index (χ0) is 20.2. The quantitative estimate of drug-likeness (QED) is 0.609. The summed E-state index contributed by atoms with van der Waals surface area (Å²) in [6.07, 6.45) is 8.03. The van der Waals surface area contributed by atoms with Crippen LogP contribution in [0.25, 0.3) is 22.4 Å². The molecule has 0 atom stereocenters. The minimum atomic E-state index is 0.0493. The van der Waals surface area contributed by atoms with Gasteiger partial charge in [0.15, 0.2) is 0 Å². The van der Waals surface area contributed by atoms with Crippen LogP contribution >= 0.6 is 11.6 Å². The van der Waals surface area contributed by atoms with Gasteiger partial charge in [-0.25, -0.2) is 0 Å². The lowest BCUT2D eigenvalue weighted by Gasteiger charge is -2.28. The third kappa shape index (κ3) is 4.51. The molecule has 150 valence electrons. The van der Waals surface area contributed by atoms with Crippen molar-refractivity contribution in [3.05, 3.63) is 59.5 Å². The Bertz CT molecular complexity index is 960. The lowest BCUT2D eigenvalue weighted by atomic mass is 9.78. The normalized spacial score (nSPS) is 19.1. The molecule has 6 heteroatoms. The molecule has 1 aliphatic carbocycles. The van der Waals surface area contributed by atoms with Crippen LogP contribution in [-0.2, 0) is 4.79 Å². The molecule has 0 unspecified atom stereocenters. The first-order chi connectivity index (χ1) is 14.1. The number of nitrogens with zero attached hydrogens (tertiary/aromatic N) is 2. The SMILES string of the molecule is CC(=O)NC[C@H]1CC[C@H](c2[nH]nc(-c3ccc(Cl)cc3)c2-c2ccncc2)CC1. The number of pyridine rings is 1. The average Bonchev–Trinajstić information content (AvgIpc) is 3.19. The van der Waals surface area contributed by atoms with Gasteiger partial charge in [0.2, 0.25) is 5.91 Å². The van der Waals surface area contributed by atoms with Crippen LogP contribution in [0.3, 0.4) is 0 Å². The summed E-state index contributed by atoms with van der Waals surface area (Å²) >= 11 is 6.08. The summed E-state index contributed by atoms with van der Waals surface area (Å²) < 4.78 is 0. The number of halogens is 1. The molecule has 1 aliphatic rings. The second-order valence-corrected chi connectivity index (χ2v) is 8.19. The summed E-state index contributed by atoms with van der Waals surface area (Å²) in [5, 5.41) is 11.7. The second kappa shape index (κ2) is 8.78. The molecule has 0 aliphatic heterocycles. The lowest BCUT2D eigenvalue weighted by molar-refractivity contribution is -0.119. The van der Waals surface area contributed by atoms with Gasteiger partial charge in [-0.3, -0.25) is 14.9 Å². The molecule has 4 rings (SSSR count). The fourth-order valence-electron chi connectivity index (χ4n) is 4.22. The van der Waals surface area contributed by atoms with E-state index < -0.39 is 0 Å². The van der Waals surface area contributed by atoms with Gasteiger partial charge < -0.3 is 5.32 Å². The number of aromatic nitrogens is 3. The summed E-state index contributed by atoms with van der Waals surface area (Å²) in [5.74, 6) is 1.03. The summed E-state index contributed by atoms with van der Waals surface area (Å²) in [4.78, 5) is 15.4. The van der Waals surface area contributed by atoms with E-state index in [4.69, 9.17) is 16.7 Å². The molecular formula is C23H25ClN4O. The van der Waals surface area contributed by atoms with Crippen molar-refractivity contribution < 1.29 is 4.79 Å². The molecule has 1 fully saturated rings. The number of H-pyrrole nitrogens is 1. The largest absolute Gasteiger partial charge is 0.356 e. The van der Waals surface area contributed by atoms with Gasteiger partial charge in [-0.2, -0.15) is 5.10 Å². The number of carbonyl (C=O) groups is 1. The van der Waals surface area contributed by atoms with Crippen molar-refractivity contribution in [1.82, 2.24) is 20.5 Å². The van der Waals surface area contributed by atoms with Crippen molar-refractivity contribution in [3.8, 4) is 22.4 Å². The number of carbonyl (C=O) groups excluding carboxylic acids is 1. The van der Waals surface area contributed by atoms with E-state index in [1.165, 1.54) is 5.69 Å². The Kier molecular flexibility index (Phi) is 5.95. The predicted molar refractivity (Wildman–Crippen MR) is 116 cm³/mol. The molecular weight excluding hydrogens is 384 g/mol. The second-order valence-electron chi connectivity index (χ2n) is 7.76. The van der Waals surface area contributed by atoms with Crippen molar-refractivity contribution in [2.24, 2.45) is 5.92 Å². The third-order valence-electron chi connectivity index (χ3n) is 5.78. The highest BCUT2D eigenvalue weighted by Gasteiger charge is 2.28. The molecule has 2 N–H and O–H groups in total. The average molecular weight is 409 g/mol. The number of rotatable bonds is 5. The summed E-state index contributed by atoms with van der Waals surface area (Å²) in [5.41, 5.74) is 5.46. The van der Waals surface area contributed by atoms with Crippen LogP contribution in [0.15, 0.2) is 48.8 Å². The third-order valence-corrected chi connectivity index (χ3v) is 6.03. The van der Waals surface area contributed by atoms with Crippen LogP contribution in [0.5, 0.6) is 0 Å². The van der Waals surface area contributed by atoms with Gasteiger partial charge >= 0.3 is 0 Å². The van der Waals surface area contributed by atoms with E-state index in [0.717, 1.165) is 54.6 Å². The smallest absolute Gasteiger partial charge is 0.216 e. The zero-order valence-electron chi connectivity index (χ0n) is 16.5. The minimum absolute atomic E-state index is 0.0493. The van der Waals surface area contributed by atoms with Gasteiger partial charge in [0, 0.05) is 53.6 Å². The fraction of sp³-hybridized carbons (Fsp3) is 0.348. The maximum atomic E-state index is 11.2. The van der Waals surface area contributed by atoms with Crippen molar-refractivity contribution >= 4 is 17.5 Å². The fourth-order valence-corrected chi connectivity index (χ4v) is 4.35. The molecule has 29 heavy (non-hydrogen) atoms. The Balaban J connectivity index is 1.63. The molecule has 3 aromatic rings. The van der Waals surface area contributed by atoms with E-state index in [1.54, 1.807) is 6.92 Å². The van der Waals surface area contributed by atoms with Crippen LogP contribution in [0.1, 0.15) is 44.2 Å². The maximum absolute atomic E-state index is 11.2. The molecule has 1 amide bonds. The van der Waals surface area contributed by atoms with E-state index in [1.807, 2.05) is 48.8 Å². The highest BCUT2D eigenvalue weighted by atomic mass is 35.5. The number of hydrogen-bond acceptors (Lipinski definition) is 3. The van der Waals surface area contributed by atoms with Crippen LogP contribution in [0, 0.1) is 5.92 Å². The first-order valence-corrected chi connectivity index (χ1v) is 10.5. The molecule has 0 radical (unpaired) electrons. The molecule has 2 aromatic heterocycles. The topological polar surface area (TPSA) is 70.7 Å². The van der Waals surface area contributed by atoms with Crippen molar-refractivity contribution in [1.29, 1.82) is 0 Å². The lowest BCUT2D eigenvalue weighted by Crippen LogP contribution is -2.29. The summed E-state index contributed by atoms with van der Waals surface area (Å²) in [6.45, 7) is 2.35. The first kappa shape index (κ1) is 19.6. The van der Waals surface area contributed by atoms with E-state index in [9.17, 15) is 4.79 Å². The summed E-state index contributed by atoms with van der Waals surface area (Å²) in [7, 11) is 0. The molecule has 0 spiro atoms. The number of hydrogen-bond donors (Lipinski definition) is 2. The van der Waals surface area contributed by atoms with Gasteiger partial charge in [-0.1, -0.05) is 23.7 Å². The Morgan fingerprint density at radius 2 is 1.76 bits per heavy atom. The minimum Gasteiger partial charge on any atom is -0.356 e. The number of amides is 1. The summed E-state index contributed by atoms with van der Waals surface area (Å²) in [6, 6.07) is 11.9. The first-order valence-electron chi connectivity index (χ1n) is 10.1. The van der Waals surface area contributed by atoms with Crippen molar-refractivity contribution in [2.45, 2.75) is 38.5 Å². The van der Waals surface area contributed by atoms with Gasteiger partial charge in [-0.05, 0) is 61.4 Å². The Morgan fingerprint density at radius 3 is 2.41 bits per heavy atom. The highest BCUT2D eigenvalue weighted by molar-refractivity contribution is 6.30. The molecule has 1 aromatic carbocycles. The van der Waals surface area contributed by atoms with E-state index in [-0.39, 0.29) is 5.91 Å². The molecule has 0 saturated heterocycles. The van der Waals surface area contributed by atoms with E-state index >= 15 is 0 Å². The number of aromatic amines is 1. The van der Waals surface area contributed by atoms with Gasteiger partial charge in [0.25, 0.3) is 0 Å². The van der Waals surface area contributed by atoms with Crippen molar-refractivity contribution in [2.75, 3.05) is 6.54 Å². The maximum Gasteiger partial charge on any atom is 0.216 e. The Hall–Kier alpha value is -2.66. The van der Waals surface area contributed by atoms with Crippen LogP contribution < -0.4 is 5.32 Å². The van der Waals surface area contributed by atoms with Crippen LogP contribution in [-0.4, -0.2) is 27.6 Å². The zero-order valence-corrected chi connectivity index (χ0v) is 17.2. The van der Waals surface area contributed by atoms with E-state index in [2.05, 4.69) is 15.4 Å². The molecule has 5 nitrogen and oxygen atoms in total. The molecule has 2 heterocycles. The standard InChI is InChI=1S/C23H25ClN4O/c1-15(29)26-14-16-2-4-18(5-3-16)22-21(17-10-12-25-13-11-17)23(28-27-22)19-6-8-20(24)9-7-19/h6-13,16,18H,2-5,14H2,1H3,(H,26,29)(H,27,28)/t16-,18-. The number of benzene rings is 1. The van der Waals surface area contributed by atoms with Gasteiger partial charge in [-0.15, -0.1) is 0 Å². The highest BCUT2D eigenvalue weighted by Crippen LogP contribution is 2.42. The molecule has 0 bridgehead atoms. The van der Waals surface area contributed by atoms with Gasteiger partial charge in [0.05, 0.1) is 0 Å². The Morgan fingerprint density at radius 1 is 1.07 bits per heavy atom. The monoisotopic (exact) mass is 408 g/mol. The van der Waals surface area contributed by atoms with E-state index in [0.29, 0.717) is 16.9 Å². The van der Waals surface area contributed by atoms with Gasteiger partial charge in [0.1, 0.15) is 5.69 Å². The molecule has 1 saturated carbocycles. The van der Waals surface area contributed by atoms with Crippen molar-refractivity contribution in [3.63, 3.8) is 0 Å². The predicted octanol–water partition coefficient (Wildman–Crippen LogP) is 5.20.